The molecule has 0 aliphatic carbocycles. The van der Waals surface area contributed by atoms with E-state index in [0.29, 0.717) is 0 Å². The molecule has 0 radical (unpaired) electrons. The van der Waals surface area contributed by atoms with Gasteiger partial charge in [-0.1, -0.05) is 0 Å². The maximum atomic E-state index is 13.4. The van der Waals surface area contributed by atoms with Crippen molar-refractivity contribution in [3.8, 4) is 0 Å². The van der Waals surface area contributed by atoms with Crippen molar-refractivity contribution in [1.29, 1.82) is 0 Å². The zero-order chi connectivity index (χ0) is 28.2. The first kappa shape index (κ1) is 35.8. The number of hydrogen-bond acceptors (Lipinski definition) is 3. The van der Waals surface area contributed by atoms with Crippen LogP contribution in [0.15, 0.2) is 0 Å². The van der Waals surface area contributed by atoms with Crippen LogP contribution in [0.5, 0.6) is 0 Å². The summed E-state index contributed by atoms with van der Waals surface area (Å²) >= 11 is 0. The van der Waals surface area contributed by atoms with Crippen LogP contribution in [0.4, 0.5) is 79.0 Å². The topological polar surface area (TPSA) is 93.7 Å². The molecule has 23 heteroatoms. The van der Waals surface area contributed by atoms with Gasteiger partial charge in [0.05, 0.1) is 0 Å². The van der Waals surface area contributed by atoms with Crippen LogP contribution in [-0.4, -0.2) is 66.1 Å². The second-order valence-electron chi connectivity index (χ2n) is 6.44. The third-order valence-corrected chi connectivity index (χ3v) is 4.87. The molecule has 0 saturated heterocycles. The molecule has 4 nitrogen and oxygen atoms in total. The van der Waals surface area contributed by atoms with Crippen molar-refractivity contribution in [2.75, 3.05) is 0 Å². The first-order valence-corrected chi connectivity index (χ1v) is 9.09. The number of rotatable bonds is 11. The average Bonchev–Trinajstić information content (AvgIpc) is 2.58. The van der Waals surface area contributed by atoms with Gasteiger partial charge in [0.15, 0.2) is 16.3 Å². The SMILES string of the molecule is O=S(=O)([O-])C(F)(F)C(F)(F)C(F)(F)C(F)(F)C(F)(F)C(F)(F)C(F)(F)C(F)CCCC(F)(F)F.[NH4+]. The number of quaternary nitrogens is 1. The van der Waals surface area contributed by atoms with Crippen LogP contribution in [0.1, 0.15) is 19.3 Å². The highest BCUT2D eigenvalue weighted by molar-refractivity contribution is 7.86. The minimum Gasteiger partial charge on any atom is -0.743 e. The summed E-state index contributed by atoms with van der Waals surface area (Å²) in [5.74, 6) is -50.1. The van der Waals surface area contributed by atoms with Gasteiger partial charge < -0.3 is 10.7 Å². The zero-order valence-electron chi connectivity index (χ0n) is 16.1. The predicted molar refractivity (Wildman–Crippen MR) is 75.1 cm³/mol. The van der Waals surface area contributed by atoms with Crippen LogP contribution in [0.2, 0.25) is 0 Å². The molecule has 0 bridgehead atoms. The van der Waals surface area contributed by atoms with Crippen molar-refractivity contribution in [3.05, 3.63) is 0 Å². The highest BCUT2D eigenvalue weighted by Gasteiger charge is 2.94. The highest BCUT2D eigenvalue weighted by Crippen LogP contribution is 2.63. The summed E-state index contributed by atoms with van der Waals surface area (Å²) < 4.78 is 265. The van der Waals surface area contributed by atoms with Gasteiger partial charge in [-0.25, -0.2) is 12.8 Å². The smallest absolute Gasteiger partial charge is 0.402 e. The molecule has 35 heavy (non-hydrogen) atoms. The lowest BCUT2D eigenvalue weighted by molar-refractivity contribution is -0.439. The maximum Gasteiger partial charge on any atom is 0.402 e. The van der Waals surface area contributed by atoms with Gasteiger partial charge in [0.1, 0.15) is 0 Å². The van der Waals surface area contributed by atoms with Crippen molar-refractivity contribution in [3.63, 3.8) is 0 Å². The fourth-order valence-corrected chi connectivity index (χ4v) is 2.44. The lowest BCUT2D eigenvalue weighted by atomic mass is 9.89. The second-order valence-corrected chi connectivity index (χ2v) is 7.86. The molecule has 4 N–H and O–H groups in total. The average molecular weight is 591 g/mol. The van der Waals surface area contributed by atoms with Crippen LogP contribution in [-0.2, 0) is 10.1 Å². The first-order chi connectivity index (χ1) is 14.4. The van der Waals surface area contributed by atoms with Crippen molar-refractivity contribution in [2.45, 2.75) is 72.4 Å². The van der Waals surface area contributed by atoms with E-state index in [9.17, 15) is 92.0 Å². The Morgan fingerprint density at radius 3 is 1.23 bits per heavy atom. The molecule has 0 aromatic heterocycles. The summed E-state index contributed by atoms with van der Waals surface area (Å²) in [5, 5.41) is -7.92. The van der Waals surface area contributed by atoms with E-state index >= 15 is 0 Å². The van der Waals surface area contributed by atoms with Gasteiger partial charge in [-0.3, -0.25) is 0 Å². The molecule has 0 aromatic rings. The van der Waals surface area contributed by atoms with E-state index in [-0.39, 0.29) is 6.15 Å². The third-order valence-electron chi connectivity index (χ3n) is 3.99. The van der Waals surface area contributed by atoms with Crippen LogP contribution < -0.4 is 6.15 Å². The number of halogens is 18. The van der Waals surface area contributed by atoms with E-state index in [1.807, 2.05) is 0 Å². The fraction of sp³-hybridized carbons (Fsp3) is 1.00. The Balaban J connectivity index is 0. The molecule has 0 spiro atoms. The summed E-state index contributed by atoms with van der Waals surface area (Å²) in [4.78, 5) is 0. The Bertz CT molecular complexity index is 836. The Morgan fingerprint density at radius 2 is 0.914 bits per heavy atom. The minimum atomic E-state index is -8.77. The molecule has 1 unspecified atom stereocenters. The first-order valence-electron chi connectivity index (χ1n) is 7.69. The molecule has 0 saturated carbocycles. The molecule has 0 fully saturated rings. The van der Waals surface area contributed by atoms with Crippen molar-refractivity contribution >= 4 is 10.1 Å². The van der Waals surface area contributed by atoms with Gasteiger partial charge in [0.25, 0.3) is 0 Å². The Hall–Kier alpha value is -1.39. The summed E-state index contributed by atoms with van der Waals surface area (Å²) in [5.41, 5.74) is 0. The van der Waals surface area contributed by atoms with Crippen molar-refractivity contribution in [2.24, 2.45) is 0 Å². The maximum absolute atomic E-state index is 13.4. The van der Waals surface area contributed by atoms with Gasteiger partial charge in [0, 0.05) is 6.42 Å². The molecule has 0 aliphatic rings. The van der Waals surface area contributed by atoms with Crippen LogP contribution in [0, 0.1) is 0 Å². The summed E-state index contributed by atoms with van der Waals surface area (Å²) in [6, 6.07) is 0. The number of hydrogen-bond donors (Lipinski definition) is 1. The lowest BCUT2D eigenvalue weighted by Gasteiger charge is -2.43. The second kappa shape index (κ2) is 9.49. The van der Waals surface area contributed by atoms with E-state index < -0.39 is 82.5 Å². The molecular weight excluding hydrogens is 580 g/mol. The van der Waals surface area contributed by atoms with Gasteiger partial charge in [0.2, 0.25) is 0 Å². The summed E-state index contributed by atoms with van der Waals surface area (Å²) in [6.07, 6.45) is -16.8. The van der Waals surface area contributed by atoms with Crippen molar-refractivity contribution < 1.29 is 92.0 Å². The van der Waals surface area contributed by atoms with Gasteiger partial charge in [-0.05, 0) is 12.8 Å². The van der Waals surface area contributed by atoms with E-state index in [1.54, 1.807) is 0 Å². The molecule has 0 amide bonds. The standard InChI is InChI=1S/C12H8F18O3S.H3N/c13-4(2-1-3-5(14,15)16)6(17,18)7(19,20)8(21,22)9(23,24)10(25,26)11(27,28)12(29,30)34(31,32)33;/h4H,1-3H2,(H,31,32,33);1H3. The quantitative estimate of drug-likeness (QED) is 0.223. The Morgan fingerprint density at radius 1 is 0.600 bits per heavy atom. The number of alkyl halides is 18. The fourth-order valence-electron chi connectivity index (χ4n) is 2.00. The largest absolute Gasteiger partial charge is 0.743 e. The molecular formula is C12H11F18NO3S. The van der Waals surface area contributed by atoms with Crippen LogP contribution >= 0.6 is 0 Å². The molecule has 0 aliphatic heterocycles. The van der Waals surface area contributed by atoms with Gasteiger partial charge >= 0.3 is 47.0 Å². The molecule has 0 rings (SSSR count). The van der Waals surface area contributed by atoms with Gasteiger partial charge in [-0.2, -0.15) is 74.6 Å². The van der Waals surface area contributed by atoms with Crippen LogP contribution in [0.25, 0.3) is 0 Å². The monoisotopic (exact) mass is 591 g/mol. The summed E-state index contributed by atoms with van der Waals surface area (Å²) in [6.45, 7) is 0. The third kappa shape index (κ3) is 5.49. The van der Waals surface area contributed by atoms with E-state index in [2.05, 4.69) is 0 Å². The molecule has 0 heterocycles. The minimum absolute atomic E-state index is 0. The lowest BCUT2D eigenvalue weighted by Crippen LogP contribution is -2.74. The van der Waals surface area contributed by atoms with Crippen molar-refractivity contribution in [1.82, 2.24) is 6.15 Å². The molecule has 214 valence electrons. The summed E-state index contributed by atoms with van der Waals surface area (Å²) in [7, 11) is -8.13. The highest BCUT2D eigenvalue weighted by atomic mass is 32.2. The Kier molecular flexibility index (Phi) is 9.69. The van der Waals surface area contributed by atoms with E-state index in [4.69, 9.17) is 0 Å². The zero-order valence-corrected chi connectivity index (χ0v) is 17.0. The van der Waals surface area contributed by atoms with E-state index in [1.165, 1.54) is 0 Å². The van der Waals surface area contributed by atoms with Gasteiger partial charge in [-0.15, -0.1) is 0 Å². The van der Waals surface area contributed by atoms with Crippen LogP contribution in [0.3, 0.4) is 0 Å². The molecule has 0 aromatic carbocycles. The predicted octanol–water partition coefficient (Wildman–Crippen LogP) is 6.38. The normalized spacial score (nSPS) is 16.7. The van der Waals surface area contributed by atoms with E-state index in [0.717, 1.165) is 0 Å². The Labute approximate surface area is 181 Å². The molecule has 1 atom stereocenters.